The van der Waals surface area contributed by atoms with Gasteiger partial charge in [0, 0.05) is 29.4 Å². The maximum atomic E-state index is 13.2. The Kier molecular flexibility index (Phi) is 9.27. The summed E-state index contributed by atoms with van der Waals surface area (Å²) in [5.74, 6) is -0.126. The third-order valence-corrected chi connectivity index (χ3v) is 6.08. The van der Waals surface area contributed by atoms with Crippen LogP contribution in [0.5, 0.6) is 0 Å². The van der Waals surface area contributed by atoms with E-state index in [1.165, 1.54) is 28.8 Å². The first-order valence-electron chi connectivity index (χ1n) is 9.13. The average Bonchev–Trinajstić information content (AvgIpc) is 2.71. The summed E-state index contributed by atoms with van der Waals surface area (Å²) in [6, 6.07) is 10.6. The number of benzene rings is 2. The Labute approximate surface area is 184 Å². The third-order valence-electron chi connectivity index (χ3n) is 4.43. The SMILES string of the molecule is CC[C@@H](C(=O)NC)N(Cc1ccc(F)cc1)C(=O)CSCc1c(Cl)cccc1Cl. The zero-order valence-electron chi connectivity index (χ0n) is 16.3. The summed E-state index contributed by atoms with van der Waals surface area (Å²) in [6.07, 6.45) is 0.466. The normalized spacial score (nSPS) is 11.8. The molecule has 0 fully saturated rings. The van der Waals surface area contributed by atoms with E-state index in [4.69, 9.17) is 23.2 Å². The number of likely N-dealkylation sites (N-methyl/N-ethyl adjacent to an activating group) is 1. The molecule has 1 atom stereocenters. The Balaban J connectivity index is 2.12. The number of amides is 2. The lowest BCUT2D eigenvalue weighted by Crippen LogP contribution is -2.48. The molecule has 8 heteroatoms. The second-order valence-electron chi connectivity index (χ2n) is 6.38. The van der Waals surface area contributed by atoms with E-state index in [1.807, 2.05) is 6.92 Å². The molecule has 0 aromatic heterocycles. The minimum absolute atomic E-state index is 0.163. The van der Waals surface area contributed by atoms with Crippen molar-refractivity contribution in [2.45, 2.75) is 31.7 Å². The van der Waals surface area contributed by atoms with Crippen molar-refractivity contribution in [2.75, 3.05) is 12.8 Å². The quantitative estimate of drug-likeness (QED) is 0.582. The van der Waals surface area contributed by atoms with Crippen LogP contribution < -0.4 is 5.32 Å². The third kappa shape index (κ3) is 6.63. The molecular formula is C21H23Cl2FN2O2S. The molecule has 2 aromatic rings. The molecule has 1 N–H and O–H groups in total. The second-order valence-corrected chi connectivity index (χ2v) is 8.18. The van der Waals surface area contributed by atoms with Crippen LogP contribution in [0.2, 0.25) is 10.0 Å². The summed E-state index contributed by atoms with van der Waals surface area (Å²) in [5.41, 5.74) is 1.53. The molecule has 2 amide bonds. The van der Waals surface area contributed by atoms with Crippen LogP contribution in [0.25, 0.3) is 0 Å². The summed E-state index contributed by atoms with van der Waals surface area (Å²) in [7, 11) is 1.54. The first-order valence-corrected chi connectivity index (χ1v) is 11.0. The molecule has 0 saturated heterocycles. The molecule has 29 heavy (non-hydrogen) atoms. The fraction of sp³-hybridized carbons (Fsp3) is 0.333. The van der Waals surface area contributed by atoms with Crippen molar-refractivity contribution < 1.29 is 14.0 Å². The van der Waals surface area contributed by atoms with Gasteiger partial charge >= 0.3 is 0 Å². The molecule has 0 aliphatic carbocycles. The lowest BCUT2D eigenvalue weighted by Gasteiger charge is -2.30. The Morgan fingerprint density at radius 2 is 1.76 bits per heavy atom. The zero-order valence-corrected chi connectivity index (χ0v) is 18.6. The number of hydrogen-bond acceptors (Lipinski definition) is 3. The van der Waals surface area contributed by atoms with Crippen molar-refractivity contribution in [2.24, 2.45) is 0 Å². The Bertz CT molecular complexity index is 829. The van der Waals surface area contributed by atoms with Gasteiger partial charge in [-0.1, -0.05) is 48.3 Å². The summed E-state index contributed by atoms with van der Waals surface area (Å²) in [4.78, 5) is 26.8. The number of rotatable bonds is 9. The van der Waals surface area contributed by atoms with Crippen LogP contribution in [-0.4, -0.2) is 35.6 Å². The lowest BCUT2D eigenvalue weighted by molar-refractivity contribution is -0.139. The lowest BCUT2D eigenvalue weighted by atomic mass is 10.1. The van der Waals surface area contributed by atoms with Crippen LogP contribution in [0.3, 0.4) is 0 Å². The van der Waals surface area contributed by atoms with Crippen molar-refractivity contribution in [3.05, 3.63) is 69.5 Å². The molecule has 4 nitrogen and oxygen atoms in total. The summed E-state index contributed by atoms with van der Waals surface area (Å²) in [6.45, 7) is 2.07. The van der Waals surface area contributed by atoms with Gasteiger partial charge in [0.2, 0.25) is 11.8 Å². The maximum Gasteiger partial charge on any atom is 0.242 e. The highest BCUT2D eigenvalue weighted by atomic mass is 35.5. The van der Waals surface area contributed by atoms with Gasteiger partial charge in [0.15, 0.2) is 0 Å². The molecule has 0 spiro atoms. The van der Waals surface area contributed by atoms with Gasteiger partial charge in [-0.2, -0.15) is 0 Å². The largest absolute Gasteiger partial charge is 0.357 e. The van der Waals surface area contributed by atoms with Gasteiger partial charge in [0.05, 0.1) is 5.75 Å². The standard InChI is InChI=1S/C21H23Cl2FN2O2S/c1-3-19(21(28)25-2)26(11-14-7-9-15(24)10-8-14)20(27)13-29-12-16-17(22)5-4-6-18(16)23/h4-10,19H,3,11-13H2,1-2H3,(H,25,28)/t19-/m0/s1. The van der Waals surface area contributed by atoms with Crippen LogP contribution in [0.15, 0.2) is 42.5 Å². The smallest absolute Gasteiger partial charge is 0.242 e. The van der Waals surface area contributed by atoms with E-state index in [2.05, 4.69) is 5.32 Å². The summed E-state index contributed by atoms with van der Waals surface area (Å²) in [5, 5.41) is 3.71. The maximum absolute atomic E-state index is 13.2. The Morgan fingerprint density at radius 3 is 2.31 bits per heavy atom. The first-order chi connectivity index (χ1) is 13.9. The van der Waals surface area contributed by atoms with Crippen molar-refractivity contribution in [3.8, 4) is 0 Å². The van der Waals surface area contributed by atoms with Gasteiger partial charge in [-0.15, -0.1) is 11.8 Å². The van der Waals surface area contributed by atoms with Crippen molar-refractivity contribution in [1.82, 2.24) is 10.2 Å². The predicted octanol–water partition coefficient (Wildman–Crippen LogP) is 4.92. The number of carbonyl (C=O) groups excluding carboxylic acids is 2. The Hall–Kier alpha value is -1.76. The van der Waals surface area contributed by atoms with E-state index in [9.17, 15) is 14.0 Å². The predicted molar refractivity (Wildman–Crippen MR) is 118 cm³/mol. The van der Waals surface area contributed by atoms with Gasteiger partial charge in [-0.25, -0.2) is 4.39 Å². The van der Waals surface area contributed by atoms with E-state index in [1.54, 1.807) is 37.4 Å². The second kappa shape index (κ2) is 11.4. The topological polar surface area (TPSA) is 49.4 Å². The Morgan fingerprint density at radius 1 is 1.14 bits per heavy atom. The van der Waals surface area contributed by atoms with Gasteiger partial charge in [0.25, 0.3) is 0 Å². The van der Waals surface area contributed by atoms with Crippen LogP contribution in [-0.2, 0) is 21.9 Å². The van der Waals surface area contributed by atoms with E-state index in [0.29, 0.717) is 22.2 Å². The molecule has 0 aliphatic rings. The summed E-state index contributed by atoms with van der Waals surface area (Å²) >= 11 is 13.7. The van der Waals surface area contributed by atoms with Crippen molar-refractivity contribution in [1.29, 1.82) is 0 Å². The first kappa shape index (κ1) is 23.5. The number of thioether (sulfide) groups is 1. The van der Waals surface area contributed by atoms with Crippen LogP contribution in [0, 0.1) is 5.82 Å². The van der Waals surface area contributed by atoms with Gasteiger partial charge in [-0.05, 0) is 41.8 Å². The molecule has 0 aliphatic heterocycles. The highest BCUT2D eigenvalue weighted by Crippen LogP contribution is 2.28. The molecule has 0 saturated carbocycles. The molecule has 2 aromatic carbocycles. The number of nitrogens with one attached hydrogen (secondary N) is 1. The van der Waals surface area contributed by atoms with Crippen molar-refractivity contribution >= 4 is 46.8 Å². The number of hydrogen-bond donors (Lipinski definition) is 1. The fourth-order valence-electron chi connectivity index (χ4n) is 2.87. The zero-order chi connectivity index (χ0) is 21.4. The van der Waals surface area contributed by atoms with E-state index in [0.717, 1.165) is 11.1 Å². The van der Waals surface area contributed by atoms with Crippen molar-refractivity contribution in [3.63, 3.8) is 0 Å². The molecule has 0 heterocycles. The molecule has 156 valence electrons. The van der Waals surface area contributed by atoms with E-state index < -0.39 is 6.04 Å². The minimum Gasteiger partial charge on any atom is -0.357 e. The van der Waals surface area contributed by atoms with E-state index >= 15 is 0 Å². The molecule has 0 unspecified atom stereocenters. The van der Waals surface area contributed by atoms with Gasteiger partial charge < -0.3 is 10.2 Å². The van der Waals surface area contributed by atoms with E-state index in [-0.39, 0.29) is 29.9 Å². The highest BCUT2D eigenvalue weighted by molar-refractivity contribution is 7.99. The summed E-state index contributed by atoms with van der Waals surface area (Å²) < 4.78 is 13.2. The average molecular weight is 457 g/mol. The minimum atomic E-state index is -0.609. The molecule has 0 bridgehead atoms. The highest BCUT2D eigenvalue weighted by Gasteiger charge is 2.27. The van der Waals surface area contributed by atoms with Gasteiger partial charge in [0.1, 0.15) is 11.9 Å². The number of nitrogens with zero attached hydrogens (tertiary/aromatic N) is 1. The number of halogens is 3. The fourth-order valence-corrected chi connectivity index (χ4v) is 4.51. The molecular weight excluding hydrogens is 434 g/mol. The van der Waals surface area contributed by atoms with Gasteiger partial charge in [-0.3, -0.25) is 9.59 Å². The monoisotopic (exact) mass is 456 g/mol. The van der Waals surface area contributed by atoms with Crippen LogP contribution in [0.4, 0.5) is 4.39 Å². The van der Waals surface area contributed by atoms with Crippen LogP contribution >= 0.6 is 35.0 Å². The molecule has 0 radical (unpaired) electrons. The van der Waals surface area contributed by atoms with Crippen LogP contribution in [0.1, 0.15) is 24.5 Å². The molecule has 2 rings (SSSR count). The number of carbonyl (C=O) groups is 2.